The Labute approximate surface area is 120 Å². The fourth-order valence-corrected chi connectivity index (χ4v) is 3.25. The highest BCUT2D eigenvalue weighted by atomic mass is 32.1. The van der Waals surface area contributed by atoms with Crippen LogP contribution in [0.2, 0.25) is 0 Å². The molecule has 0 saturated carbocycles. The molecule has 1 aromatic heterocycles. The number of nitrogens with two attached hydrogens (primary N) is 1. The van der Waals surface area contributed by atoms with Gasteiger partial charge in [0.2, 0.25) is 6.79 Å². The average molecular weight is 292 g/mol. The molecule has 1 aliphatic rings. The smallest absolute Gasteiger partial charge is 0.307 e. The van der Waals surface area contributed by atoms with Crippen LogP contribution < -0.4 is 20.1 Å². The molecular formula is C14H16N2O3S. The molecule has 5 nitrogen and oxygen atoms in total. The molecule has 1 aromatic carbocycles. The van der Waals surface area contributed by atoms with Crippen molar-refractivity contribution in [2.75, 3.05) is 13.3 Å². The summed E-state index contributed by atoms with van der Waals surface area (Å²) in [5, 5.41) is 0. The Morgan fingerprint density at radius 1 is 1.35 bits per heavy atom. The number of benzene rings is 1. The topological polar surface area (TPSA) is 66.5 Å². The van der Waals surface area contributed by atoms with Gasteiger partial charge in [0.25, 0.3) is 0 Å². The number of thiazole rings is 1. The summed E-state index contributed by atoms with van der Waals surface area (Å²) < 4.78 is 12.5. The Kier molecular flexibility index (Phi) is 3.50. The number of nitrogens with zero attached hydrogens (tertiary/aromatic N) is 1. The zero-order valence-electron chi connectivity index (χ0n) is 11.2. The van der Waals surface area contributed by atoms with Crippen LogP contribution in [0, 0.1) is 6.92 Å². The summed E-state index contributed by atoms with van der Waals surface area (Å²) in [7, 11) is 0. The number of ether oxygens (including phenoxy) is 2. The Bertz CT molecular complexity index is 690. The molecule has 2 N–H and O–H groups in total. The minimum atomic E-state index is 0.0589. The summed E-state index contributed by atoms with van der Waals surface area (Å²) in [6.45, 7) is 3.43. The van der Waals surface area contributed by atoms with Gasteiger partial charge in [-0.2, -0.15) is 0 Å². The van der Waals surface area contributed by atoms with Crippen LogP contribution in [-0.4, -0.2) is 17.9 Å². The van der Waals surface area contributed by atoms with E-state index in [0.29, 0.717) is 13.1 Å². The fourth-order valence-electron chi connectivity index (χ4n) is 2.37. The predicted octanol–water partition coefficient (Wildman–Crippen LogP) is 1.96. The summed E-state index contributed by atoms with van der Waals surface area (Å²) in [6, 6.07) is 5.77. The maximum Gasteiger partial charge on any atom is 0.307 e. The molecule has 0 radical (unpaired) electrons. The third-order valence-electron chi connectivity index (χ3n) is 3.30. The molecule has 1 aliphatic heterocycles. The maximum absolute atomic E-state index is 12.1. The second-order valence-electron chi connectivity index (χ2n) is 4.63. The zero-order chi connectivity index (χ0) is 14.1. The van der Waals surface area contributed by atoms with Gasteiger partial charge in [0.1, 0.15) is 0 Å². The number of hydrogen-bond acceptors (Lipinski definition) is 5. The normalized spacial score (nSPS) is 12.9. The lowest BCUT2D eigenvalue weighted by molar-refractivity contribution is 0.174. The Morgan fingerprint density at radius 3 is 2.95 bits per heavy atom. The number of aromatic nitrogens is 1. The Balaban J connectivity index is 2.07. The number of fused-ring (bicyclic) bond motifs is 1. The third kappa shape index (κ3) is 2.21. The van der Waals surface area contributed by atoms with Crippen LogP contribution in [0.5, 0.6) is 11.5 Å². The monoisotopic (exact) mass is 292 g/mol. The quantitative estimate of drug-likeness (QED) is 0.935. The van der Waals surface area contributed by atoms with Crippen molar-refractivity contribution in [3.05, 3.63) is 32.7 Å². The van der Waals surface area contributed by atoms with Gasteiger partial charge in [-0.15, -0.1) is 0 Å². The van der Waals surface area contributed by atoms with E-state index in [0.717, 1.165) is 34.1 Å². The van der Waals surface area contributed by atoms with Crippen LogP contribution in [0.15, 0.2) is 23.0 Å². The van der Waals surface area contributed by atoms with Crippen molar-refractivity contribution in [2.45, 2.75) is 19.9 Å². The highest BCUT2D eigenvalue weighted by Crippen LogP contribution is 2.37. The van der Waals surface area contributed by atoms with Gasteiger partial charge in [0, 0.05) is 17.0 Å². The van der Waals surface area contributed by atoms with E-state index in [1.54, 1.807) is 4.57 Å². The number of hydrogen-bond donors (Lipinski definition) is 1. The minimum Gasteiger partial charge on any atom is -0.454 e. The molecule has 0 fully saturated rings. The molecule has 2 heterocycles. The molecule has 20 heavy (non-hydrogen) atoms. The van der Waals surface area contributed by atoms with Gasteiger partial charge in [0.15, 0.2) is 11.5 Å². The third-order valence-corrected chi connectivity index (χ3v) is 4.19. The van der Waals surface area contributed by atoms with E-state index in [2.05, 4.69) is 0 Å². The Morgan fingerprint density at radius 2 is 2.15 bits per heavy atom. The van der Waals surface area contributed by atoms with Gasteiger partial charge in [0.05, 0.1) is 5.69 Å². The van der Waals surface area contributed by atoms with Crippen molar-refractivity contribution < 1.29 is 9.47 Å². The zero-order valence-corrected chi connectivity index (χ0v) is 12.0. The highest BCUT2D eigenvalue weighted by molar-refractivity contribution is 7.09. The van der Waals surface area contributed by atoms with Crippen LogP contribution >= 0.6 is 11.3 Å². The highest BCUT2D eigenvalue weighted by Gasteiger charge is 2.18. The molecule has 0 bridgehead atoms. The lowest BCUT2D eigenvalue weighted by Gasteiger charge is -2.09. The van der Waals surface area contributed by atoms with E-state index in [9.17, 15) is 4.79 Å². The van der Waals surface area contributed by atoms with Crippen LogP contribution in [0.4, 0.5) is 0 Å². The van der Waals surface area contributed by atoms with Crippen molar-refractivity contribution in [3.63, 3.8) is 0 Å². The summed E-state index contributed by atoms with van der Waals surface area (Å²) in [5.41, 5.74) is 7.47. The van der Waals surface area contributed by atoms with Gasteiger partial charge >= 0.3 is 4.87 Å². The maximum atomic E-state index is 12.1. The molecule has 0 amide bonds. The van der Waals surface area contributed by atoms with Gasteiger partial charge in [-0.1, -0.05) is 11.3 Å². The van der Waals surface area contributed by atoms with Crippen LogP contribution in [0.3, 0.4) is 0 Å². The van der Waals surface area contributed by atoms with Crippen LogP contribution in [-0.2, 0) is 6.54 Å². The van der Waals surface area contributed by atoms with Crippen LogP contribution in [0.1, 0.15) is 11.3 Å². The molecule has 0 aliphatic carbocycles. The van der Waals surface area contributed by atoms with Gasteiger partial charge in [-0.05, 0) is 38.1 Å². The SMILES string of the molecule is Cc1sc(=O)n(CCCN)c1-c1ccc2c(c1)OCO2. The molecule has 0 unspecified atom stereocenters. The van der Waals surface area contributed by atoms with Gasteiger partial charge < -0.3 is 15.2 Å². The fraction of sp³-hybridized carbons (Fsp3) is 0.357. The predicted molar refractivity (Wildman–Crippen MR) is 78.5 cm³/mol. The van der Waals surface area contributed by atoms with Crippen LogP contribution in [0.25, 0.3) is 11.3 Å². The first-order valence-electron chi connectivity index (χ1n) is 6.51. The van der Waals surface area contributed by atoms with Crippen molar-refractivity contribution in [1.82, 2.24) is 4.57 Å². The van der Waals surface area contributed by atoms with Gasteiger partial charge in [-0.25, -0.2) is 0 Å². The van der Waals surface area contributed by atoms with E-state index in [4.69, 9.17) is 15.2 Å². The first-order valence-corrected chi connectivity index (χ1v) is 7.32. The van der Waals surface area contributed by atoms with E-state index in [1.807, 2.05) is 25.1 Å². The van der Waals surface area contributed by atoms with Gasteiger partial charge in [-0.3, -0.25) is 9.36 Å². The molecular weight excluding hydrogens is 276 g/mol. The lowest BCUT2D eigenvalue weighted by atomic mass is 10.1. The summed E-state index contributed by atoms with van der Waals surface area (Å²) >= 11 is 1.27. The molecule has 6 heteroatoms. The number of aryl methyl sites for hydroxylation is 1. The summed E-state index contributed by atoms with van der Waals surface area (Å²) in [6.07, 6.45) is 0.785. The summed E-state index contributed by atoms with van der Waals surface area (Å²) in [5.74, 6) is 1.48. The van der Waals surface area contributed by atoms with E-state index < -0.39 is 0 Å². The molecule has 2 aromatic rings. The largest absolute Gasteiger partial charge is 0.454 e. The van der Waals surface area contributed by atoms with Crippen molar-refractivity contribution in [3.8, 4) is 22.8 Å². The minimum absolute atomic E-state index is 0.0589. The van der Waals surface area contributed by atoms with E-state index in [-0.39, 0.29) is 11.7 Å². The van der Waals surface area contributed by atoms with E-state index in [1.165, 1.54) is 11.3 Å². The molecule has 0 atom stereocenters. The summed E-state index contributed by atoms with van der Waals surface area (Å²) in [4.78, 5) is 13.1. The first kappa shape index (κ1) is 13.2. The average Bonchev–Trinajstić information content (AvgIpc) is 2.99. The standard InChI is InChI=1S/C14H16N2O3S/c1-9-13(16(6-2-5-15)14(17)20-9)10-3-4-11-12(7-10)19-8-18-11/h3-4,7H,2,5-6,8,15H2,1H3. The van der Waals surface area contributed by atoms with Crippen molar-refractivity contribution in [1.29, 1.82) is 0 Å². The second kappa shape index (κ2) is 5.30. The van der Waals surface area contributed by atoms with Crippen molar-refractivity contribution >= 4 is 11.3 Å². The van der Waals surface area contributed by atoms with E-state index >= 15 is 0 Å². The molecule has 3 rings (SSSR count). The molecule has 0 spiro atoms. The van der Waals surface area contributed by atoms with Crippen molar-refractivity contribution in [2.24, 2.45) is 5.73 Å². The molecule has 106 valence electrons. The second-order valence-corrected chi connectivity index (χ2v) is 5.80. The lowest BCUT2D eigenvalue weighted by Crippen LogP contribution is -2.16. The Hall–Kier alpha value is -1.79. The first-order chi connectivity index (χ1) is 9.70. The number of rotatable bonds is 4. The molecule has 0 saturated heterocycles.